The lowest BCUT2D eigenvalue weighted by Crippen LogP contribution is -2.60. The summed E-state index contributed by atoms with van der Waals surface area (Å²) in [6, 6.07) is 0. The topological polar surface area (TPSA) is 90.6 Å². The summed E-state index contributed by atoms with van der Waals surface area (Å²) in [6.07, 6.45) is -0.364. The summed E-state index contributed by atoms with van der Waals surface area (Å²) in [5.41, 5.74) is 3.75. The van der Waals surface area contributed by atoms with Crippen LogP contribution in [0.5, 0.6) is 0 Å². The van der Waals surface area contributed by atoms with Gasteiger partial charge in [-0.3, -0.25) is 0 Å². The number of ether oxygens (including phenoxy) is 2. The van der Waals surface area contributed by atoms with Crippen molar-refractivity contribution in [2.24, 2.45) is 11.7 Å². The fraction of sp³-hybridized carbons (Fsp3) is 0.846. The molecule has 19 heavy (non-hydrogen) atoms. The molecule has 3 N–H and O–H groups in total. The van der Waals surface area contributed by atoms with Gasteiger partial charge in [-0.25, -0.2) is 9.59 Å². The molecule has 1 atom stereocenters. The second-order valence-corrected chi connectivity index (χ2v) is 5.78. The number of methoxy groups -OCH3 is 1. The van der Waals surface area contributed by atoms with E-state index in [4.69, 9.17) is 15.2 Å². The second kappa shape index (κ2) is 6.75. The van der Waals surface area contributed by atoms with Crippen molar-refractivity contribution in [2.75, 3.05) is 13.7 Å². The molecule has 0 unspecified atom stereocenters. The molecule has 0 aromatic carbocycles. The summed E-state index contributed by atoms with van der Waals surface area (Å²) in [4.78, 5) is 23.9. The van der Waals surface area contributed by atoms with Crippen LogP contribution in [0.1, 0.15) is 41.0 Å². The van der Waals surface area contributed by atoms with Gasteiger partial charge >= 0.3 is 12.1 Å². The SMILES string of the molecule is COC(=O)[C@](CCN)(NC(=O)OC(C)(C)C)C(C)C. The van der Waals surface area contributed by atoms with Crippen LogP contribution in [-0.2, 0) is 14.3 Å². The normalized spacial score (nSPS) is 14.7. The molecule has 0 bridgehead atoms. The molecular weight excluding hydrogens is 248 g/mol. The van der Waals surface area contributed by atoms with Crippen LogP contribution in [-0.4, -0.2) is 36.9 Å². The fourth-order valence-corrected chi connectivity index (χ4v) is 1.78. The van der Waals surface area contributed by atoms with Crippen LogP contribution in [0, 0.1) is 5.92 Å². The lowest BCUT2D eigenvalue weighted by molar-refractivity contribution is -0.151. The van der Waals surface area contributed by atoms with E-state index in [1.54, 1.807) is 20.8 Å². The summed E-state index contributed by atoms with van der Waals surface area (Å²) in [5.74, 6) is -0.685. The summed E-state index contributed by atoms with van der Waals surface area (Å²) in [7, 11) is 1.28. The molecule has 1 amide bonds. The molecule has 0 aliphatic heterocycles. The van der Waals surface area contributed by atoms with Gasteiger partial charge in [-0.1, -0.05) is 13.8 Å². The van der Waals surface area contributed by atoms with E-state index in [9.17, 15) is 9.59 Å². The second-order valence-electron chi connectivity index (χ2n) is 5.78. The van der Waals surface area contributed by atoms with Gasteiger partial charge in [0.2, 0.25) is 0 Å². The van der Waals surface area contributed by atoms with E-state index in [1.165, 1.54) is 7.11 Å². The number of hydrogen-bond donors (Lipinski definition) is 2. The Kier molecular flexibility index (Phi) is 6.29. The van der Waals surface area contributed by atoms with Crippen molar-refractivity contribution < 1.29 is 19.1 Å². The fourth-order valence-electron chi connectivity index (χ4n) is 1.78. The van der Waals surface area contributed by atoms with Crippen molar-refractivity contribution in [1.82, 2.24) is 5.32 Å². The highest BCUT2D eigenvalue weighted by Crippen LogP contribution is 2.23. The van der Waals surface area contributed by atoms with E-state index in [0.29, 0.717) is 0 Å². The maximum absolute atomic E-state index is 12.0. The number of carbonyl (C=O) groups is 2. The number of rotatable bonds is 5. The molecular formula is C13H26N2O4. The maximum atomic E-state index is 12.0. The zero-order chi connectivity index (χ0) is 15.3. The Morgan fingerprint density at radius 1 is 1.26 bits per heavy atom. The van der Waals surface area contributed by atoms with Crippen LogP contribution in [0.15, 0.2) is 0 Å². The quantitative estimate of drug-likeness (QED) is 0.740. The first-order valence-electron chi connectivity index (χ1n) is 6.38. The van der Waals surface area contributed by atoms with Gasteiger partial charge in [-0.15, -0.1) is 0 Å². The van der Waals surface area contributed by atoms with Gasteiger partial charge in [-0.05, 0) is 39.7 Å². The number of nitrogens with two attached hydrogens (primary N) is 1. The van der Waals surface area contributed by atoms with Gasteiger partial charge < -0.3 is 20.5 Å². The number of amides is 1. The Morgan fingerprint density at radius 2 is 1.79 bits per heavy atom. The van der Waals surface area contributed by atoms with E-state index in [1.807, 2.05) is 13.8 Å². The highest BCUT2D eigenvalue weighted by atomic mass is 16.6. The molecule has 0 aromatic rings. The lowest BCUT2D eigenvalue weighted by Gasteiger charge is -2.35. The van der Waals surface area contributed by atoms with Crippen molar-refractivity contribution in [3.05, 3.63) is 0 Å². The van der Waals surface area contributed by atoms with Gasteiger partial charge in [-0.2, -0.15) is 0 Å². The number of esters is 1. The maximum Gasteiger partial charge on any atom is 0.408 e. The van der Waals surface area contributed by atoms with Crippen molar-refractivity contribution in [2.45, 2.75) is 52.2 Å². The minimum atomic E-state index is -1.16. The molecule has 0 radical (unpaired) electrons. The Hall–Kier alpha value is -1.30. The van der Waals surface area contributed by atoms with E-state index in [0.717, 1.165) is 0 Å². The van der Waals surface area contributed by atoms with Crippen molar-refractivity contribution in [1.29, 1.82) is 0 Å². The lowest BCUT2D eigenvalue weighted by atomic mass is 9.83. The van der Waals surface area contributed by atoms with Crippen LogP contribution in [0.25, 0.3) is 0 Å². The van der Waals surface area contributed by atoms with Gasteiger partial charge in [0.15, 0.2) is 0 Å². The summed E-state index contributed by atoms with van der Waals surface area (Å²) >= 11 is 0. The van der Waals surface area contributed by atoms with Crippen LogP contribution in [0.4, 0.5) is 4.79 Å². The van der Waals surface area contributed by atoms with Crippen LogP contribution < -0.4 is 11.1 Å². The minimum absolute atomic E-state index is 0.170. The first-order chi connectivity index (χ1) is 8.59. The van der Waals surface area contributed by atoms with Crippen LogP contribution in [0.2, 0.25) is 0 Å². The Morgan fingerprint density at radius 3 is 2.11 bits per heavy atom. The summed E-state index contributed by atoms with van der Waals surface area (Å²) in [5, 5.41) is 2.62. The zero-order valence-electron chi connectivity index (χ0n) is 12.7. The van der Waals surface area contributed by atoms with Crippen LogP contribution >= 0.6 is 0 Å². The molecule has 0 aliphatic rings. The van der Waals surface area contributed by atoms with Crippen molar-refractivity contribution in [3.63, 3.8) is 0 Å². The number of hydrogen-bond acceptors (Lipinski definition) is 5. The monoisotopic (exact) mass is 274 g/mol. The molecule has 0 rings (SSSR count). The predicted molar refractivity (Wildman–Crippen MR) is 72.6 cm³/mol. The number of alkyl carbamates (subject to hydrolysis) is 1. The first kappa shape index (κ1) is 17.7. The highest BCUT2D eigenvalue weighted by Gasteiger charge is 2.44. The van der Waals surface area contributed by atoms with Gasteiger partial charge in [0.05, 0.1) is 7.11 Å². The first-order valence-corrected chi connectivity index (χ1v) is 6.38. The molecule has 6 nitrogen and oxygen atoms in total. The minimum Gasteiger partial charge on any atom is -0.467 e. The molecule has 0 spiro atoms. The standard InChI is InChI=1S/C13H26N2O4/c1-9(2)13(7-8-14,10(16)18-6)15-11(17)19-12(3,4)5/h9H,7-8,14H2,1-6H3,(H,15,17)/t13-/m1/s1. The van der Waals surface area contributed by atoms with E-state index in [-0.39, 0.29) is 18.9 Å². The predicted octanol–water partition coefficient (Wildman–Crippen LogP) is 1.43. The molecule has 0 saturated heterocycles. The van der Waals surface area contributed by atoms with Gasteiger partial charge in [0, 0.05) is 0 Å². The van der Waals surface area contributed by atoms with Crippen molar-refractivity contribution in [3.8, 4) is 0 Å². The molecule has 0 aromatic heterocycles. The van der Waals surface area contributed by atoms with E-state index >= 15 is 0 Å². The molecule has 0 heterocycles. The average molecular weight is 274 g/mol. The molecule has 0 saturated carbocycles. The smallest absolute Gasteiger partial charge is 0.408 e. The van der Waals surface area contributed by atoms with Gasteiger partial charge in [0.25, 0.3) is 0 Å². The number of nitrogens with one attached hydrogen (secondary N) is 1. The zero-order valence-corrected chi connectivity index (χ0v) is 12.7. The third-order valence-electron chi connectivity index (χ3n) is 2.80. The van der Waals surface area contributed by atoms with Gasteiger partial charge in [0.1, 0.15) is 11.1 Å². The largest absolute Gasteiger partial charge is 0.467 e. The van der Waals surface area contributed by atoms with Crippen LogP contribution in [0.3, 0.4) is 0 Å². The summed E-state index contributed by atoms with van der Waals surface area (Å²) in [6.45, 7) is 9.16. The van der Waals surface area contributed by atoms with Crippen molar-refractivity contribution >= 4 is 12.1 Å². The Bertz CT molecular complexity index is 323. The Balaban J connectivity index is 5.14. The average Bonchev–Trinajstić information content (AvgIpc) is 2.24. The number of carbonyl (C=O) groups excluding carboxylic acids is 2. The van der Waals surface area contributed by atoms with E-state index in [2.05, 4.69) is 5.32 Å². The molecule has 0 aliphatic carbocycles. The third kappa shape index (κ3) is 5.06. The molecule has 0 fully saturated rings. The molecule has 112 valence electrons. The Labute approximate surface area is 115 Å². The third-order valence-corrected chi connectivity index (χ3v) is 2.80. The summed E-state index contributed by atoms with van der Waals surface area (Å²) < 4.78 is 9.98. The molecule has 6 heteroatoms. The van der Waals surface area contributed by atoms with E-state index < -0.39 is 23.2 Å². The highest BCUT2D eigenvalue weighted by molar-refractivity contribution is 5.86.